The number of pyridine rings is 3. The summed E-state index contributed by atoms with van der Waals surface area (Å²) in [6.07, 6.45) is 0. The molecule has 0 fully saturated rings. The summed E-state index contributed by atoms with van der Waals surface area (Å²) >= 11 is 0. The third kappa shape index (κ3) is 15.1. The van der Waals surface area contributed by atoms with Gasteiger partial charge in [0.1, 0.15) is 29.1 Å². The van der Waals surface area contributed by atoms with Crippen LogP contribution in [0.2, 0.25) is 0 Å². The van der Waals surface area contributed by atoms with E-state index in [0.29, 0.717) is 0 Å². The molecule has 6 heterocycles. The van der Waals surface area contributed by atoms with E-state index in [1.807, 2.05) is 76.2 Å². The van der Waals surface area contributed by atoms with Gasteiger partial charge in [-0.1, -0.05) is 0 Å². The smallest absolute Gasteiger partial charge is 0.129 e. The van der Waals surface area contributed by atoms with E-state index in [0.717, 1.165) is 86.1 Å². The number of aryl methyl sites for hydroxylation is 18. The second-order valence-electron chi connectivity index (χ2n) is 18.6. The summed E-state index contributed by atoms with van der Waals surface area (Å²) in [5.74, 6) is 4.10. The predicted octanol–water partition coefficient (Wildman–Crippen LogP) is 13.9. The number of hydrogen-bond acceptors (Lipinski definition) is 10. The summed E-state index contributed by atoms with van der Waals surface area (Å²) in [6.45, 7) is 57.9. The SMILES string of the molecule is Cc1nc(C)c(C)c(C)c1C.Cc1nc(C)c(C)c(C)c1C.Cc1nc(C)c(C)c(C)n1.Cc1nc(C)c(C)c(C)n1.Cc1nc(C)c2c(C)c(C)c(C)c(C)c2c1C.Cc1nc(C)nc(C)n1. The molecule has 0 saturated carbocycles. The van der Waals surface area contributed by atoms with E-state index in [2.05, 4.69) is 168 Å². The zero-order valence-electron chi connectivity index (χ0n) is 47.5. The monoisotopic (exact) mass is 921 g/mol. The number of nitrogens with zero attached hydrogens (tertiary/aromatic N) is 10. The average molecular weight is 921 g/mol. The quantitative estimate of drug-likeness (QED) is 0.145. The van der Waals surface area contributed by atoms with E-state index in [1.54, 1.807) is 0 Å². The molecule has 366 valence electrons. The maximum absolute atomic E-state index is 4.67. The van der Waals surface area contributed by atoms with E-state index < -0.39 is 0 Å². The van der Waals surface area contributed by atoms with Gasteiger partial charge in [0.25, 0.3) is 0 Å². The Morgan fingerprint density at radius 2 is 0.324 bits per heavy atom. The average Bonchev–Trinajstić information content (AvgIpc) is 3.25. The molecule has 0 aliphatic carbocycles. The molecule has 7 aromatic rings. The van der Waals surface area contributed by atoms with Gasteiger partial charge in [0.15, 0.2) is 0 Å². The fourth-order valence-corrected chi connectivity index (χ4v) is 7.95. The zero-order chi connectivity index (χ0) is 52.4. The third-order valence-corrected chi connectivity index (χ3v) is 13.9. The van der Waals surface area contributed by atoms with Crippen LogP contribution < -0.4 is 0 Å². The number of rotatable bonds is 0. The van der Waals surface area contributed by atoms with E-state index in [-0.39, 0.29) is 0 Å². The first-order valence-corrected chi connectivity index (χ1v) is 23.7. The molecule has 0 unspecified atom stereocenters. The second-order valence-corrected chi connectivity index (χ2v) is 18.6. The van der Waals surface area contributed by atoms with Crippen LogP contribution in [0.3, 0.4) is 0 Å². The largest absolute Gasteiger partial charge is 0.258 e. The molecule has 6 aromatic heterocycles. The molecule has 0 N–H and O–H groups in total. The van der Waals surface area contributed by atoms with Crippen molar-refractivity contribution in [3.8, 4) is 0 Å². The van der Waals surface area contributed by atoms with Gasteiger partial charge in [-0.05, 0) is 272 Å². The fraction of sp³-hybridized carbons (Fsp3) is 0.483. The summed E-state index contributed by atoms with van der Waals surface area (Å²) in [4.78, 5) is 42.5. The Morgan fingerprint density at radius 3 is 0.603 bits per heavy atom. The van der Waals surface area contributed by atoms with E-state index in [1.165, 1.54) is 83.1 Å². The lowest BCUT2D eigenvalue weighted by molar-refractivity contribution is 0.875. The minimum atomic E-state index is 0.792. The highest BCUT2D eigenvalue weighted by atomic mass is 15.0. The van der Waals surface area contributed by atoms with Crippen LogP contribution in [0.1, 0.15) is 158 Å². The van der Waals surface area contributed by atoms with Gasteiger partial charge in [-0.2, -0.15) is 0 Å². The van der Waals surface area contributed by atoms with Crippen LogP contribution in [0, 0.1) is 194 Å². The molecule has 0 bridgehead atoms. The van der Waals surface area contributed by atoms with E-state index >= 15 is 0 Å². The van der Waals surface area contributed by atoms with Gasteiger partial charge in [0.2, 0.25) is 0 Å². The summed E-state index contributed by atoms with van der Waals surface area (Å²) < 4.78 is 0. The van der Waals surface area contributed by atoms with Crippen molar-refractivity contribution in [1.29, 1.82) is 0 Å². The lowest BCUT2D eigenvalue weighted by Gasteiger charge is -2.18. The Labute approximate surface area is 411 Å². The Morgan fingerprint density at radius 1 is 0.132 bits per heavy atom. The molecule has 0 amide bonds. The molecule has 0 saturated heterocycles. The first kappa shape index (κ1) is 58.2. The molecule has 0 aliphatic heterocycles. The third-order valence-electron chi connectivity index (χ3n) is 13.9. The Balaban J connectivity index is 0.000000284. The van der Waals surface area contributed by atoms with Crippen molar-refractivity contribution in [3.05, 3.63) is 158 Å². The molecule has 10 heteroatoms. The maximum atomic E-state index is 4.67. The van der Waals surface area contributed by atoms with Gasteiger partial charge in [0.05, 0.1) is 0 Å². The van der Waals surface area contributed by atoms with Crippen LogP contribution in [0.4, 0.5) is 0 Å². The van der Waals surface area contributed by atoms with Crippen LogP contribution in [-0.4, -0.2) is 49.8 Å². The molecule has 0 aliphatic rings. The highest BCUT2D eigenvalue weighted by Crippen LogP contribution is 2.33. The molecule has 0 atom stereocenters. The van der Waals surface area contributed by atoms with Crippen LogP contribution in [0.15, 0.2) is 0 Å². The lowest BCUT2D eigenvalue weighted by atomic mass is 9.89. The zero-order valence-corrected chi connectivity index (χ0v) is 47.5. The maximum Gasteiger partial charge on any atom is 0.129 e. The minimum Gasteiger partial charge on any atom is -0.258 e. The standard InChI is InChI=1S/C16H21N.2C10H15N.2C8H12N2.C6H9N3/c1-8-9(2)11(4)16-14(7)17-13(6)12(5)15(16)10(8)3;2*1-6-7(2)9(4)11-10(5)8(6)3;2*1-5-6(2)9-8(4)10-7(5)3;1-4-7-5(2)9-6(3)8-4/h1-7H3;2*1-5H3;2*1-4H3;1-3H3. The molecule has 0 radical (unpaired) electrons. The Kier molecular flexibility index (Phi) is 21.3. The normalized spacial score (nSPS) is 10.4. The molecular formula is C58H84N10. The highest BCUT2D eigenvalue weighted by Gasteiger charge is 2.15. The molecule has 7 rings (SSSR count). The first-order chi connectivity index (χ1) is 31.3. The van der Waals surface area contributed by atoms with Crippen molar-refractivity contribution in [2.24, 2.45) is 0 Å². The number of hydrogen-bond donors (Lipinski definition) is 0. The second kappa shape index (κ2) is 24.9. The van der Waals surface area contributed by atoms with Crippen LogP contribution >= 0.6 is 0 Å². The topological polar surface area (TPSA) is 129 Å². The minimum absolute atomic E-state index is 0.792. The predicted molar refractivity (Wildman–Crippen MR) is 287 cm³/mol. The summed E-state index contributed by atoms with van der Waals surface area (Å²) in [5.41, 5.74) is 28.7. The molecular weight excluding hydrogens is 837 g/mol. The van der Waals surface area contributed by atoms with E-state index in [9.17, 15) is 0 Å². The van der Waals surface area contributed by atoms with Crippen molar-refractivity contribution in [2.75, 3.05) is 0 Å². The summed E-state index contributed by atoms with van der Waals surface area (Å²) in [5, 5.41) is 2.77. The summed E-state index contributed by atoms with van der Waals surface area (Å²) in [7, 11) is 0. The van der Waals surface area contributed by atoms with Crippen molar-refractivity contribution in [1.82, 2.24) is 49.8 Å². The lowest BCUT2D eigenvalue weighted by Crippen LogP contribution is -2.01. The molecule has 68 heavy (non-hydrogen) atoms. The van der Waals surface area contributed by atoms with Gasteiger partial charge in [-0.15, -0.1) is 0 Å². The fourth-order valence-electron chi connectivity index (χ4n) is 7.95. The molecule has 0 spiro atoms. The van der Waals surface area contributed by atoms with Gasteiger partial charge in [-0.25, -0.2) is 34.9 Å². The first-order valence-electron chi connectivity index (χ1n) is 23.7. The number of benzene rings is 1. The van der Waals surface area contributed by atoms with Crippen LogP contribution in [-0.2, 0) is 0 Å². The van der Waals surface area contributed by atoms with Crippen molar-refractivity contribution >= 4 is 10.8 Å². The molecule has 1 aromatic carbocycles. The van der Waals surface area contributed by atoms with Crippen molar-refractivity contribution in [3.63, 3.8) is 0 Å². The Hall–Kier alpha value is -5.90. The Bertz CT molecular complexity index is 2660. The van der Waals surface area contributed by atoms with Crippen molar-refractivity contribution < 1.29 is 0 Å². The van der Waals surface area contributed by atoms with Gasteiger partial charge < -0.3 is 0 Å². The van der Waals surface area contributed by atoms with Gasteiger partial charge >= 0.3 is 0 Å². The van der Waals surface area contributed by atoms with Crippen LogP contribution in [0.5, 0.6) is 0 Å². The van der Waals surface area contributed by atoms with E-state index in [4.69, 9.17) is 0 Å². The number of fused-ring (bicyclic) bond motifs is 1. The van der Waals surface area contributed by atoms with Gasteiger partial charge in [0, 0.05) is 62.3 Å². The van der Waals surface area contributed by atoms with Crippen LogP contribution in [0.25, 0.3) is 10.8 Å². The highest BCUT2D eigenvalue weighted by molar-refractivity contribution is 5.95. The number of aromatic nitrogens is 10. The van der Waals surface area contributed by atoms with Gasteiger partial charge in [-0.3, -0.25) is 15.0 Å². The summed E-state index contributed by atoms with van der Waals surface area (Å²) in [6, 6.07) is 0. The molecule has 10 nitrogen and oxygen atoms in total. The van der Waals surface area contributed by atoms with Crippen molar-refractivity contribution in [2.45, 2.75) is 194 Å².